The van der Waals surface area contributed by atoms with E-state index in [0.29, 0.717) is 12.5 Å². The highest BCUT2D eigenvalue weighted by Gasteiger charge is 2.16. The molecule has 0 N–H and O–H groups in total. The summed E-state index contributed by atoms with van der Waals surface area (Å²) in [4.78, 5) is 0. The van der Waals surface area contributed by atoms with Crippen molar-refractivity contribution in [3.63, 3.8) is 0 Å². The van der Waals surface area contributed by atoms with Crippen LogP contribution in [-0.2, 0) is 5.88 Å². The van der Waals surface area contributed by atoms with Crippen LogP contribution in [0.15, 0.2) is 48.5 Å². The molecule has 2 aromatic carbocycles. The average molecular weight is 344 g/mol. The molecular weight excluding hydrogens is 326 g/mol. The number of rotatable bonds is 6. The second kappa shape index (κ2) is 7.36. The number of benzene rings is 2. The smallest absolute Gasteiger partial charge is 0.119 e. The standard InChI is InChI=1S/C18H18ClN3O2/c1-3-24-16-10-6-14(7-11-16)22-18(17(12-19)20-21-22)13-4-8-15(23-2)9-5-13/h4-11H,3,12H2,1-2H3. The van der Waals surface area contributed by atoms with E-state index in [-0.39, 0.29) is 0 Å². The Morgan fingerprint density at radius 1 is 1.00 bits per heavy atom. The minimum Gasteiger partial charge on any atom is -0.497 e. The van der Waals surface area contributed by atoms with Gasteiger partial charge in [0.25, 0.3) is 0 Å². The highest BCUT2D eigenvalue weighted by molar-refractivity contribution is 6.17. The van der Waals surface area contributed by atoms with E-state index >= 15 is 0 Å². The van der Waals surface area contributed by atoms with Crippen LogP contribution >= 0.6 is 11.6 Å². The van der Waals surface area contributed by atoms with Gasteiger partial charge in [0.05, 0.1) is 31.0 Å². The van der Waals surface area contributed by atoms with E-state index in [0.717, 1.165) is 34.1 Å². The van der Waals surface area contributed by atoms with Crippen LogP contribution in [0.4, 0.5) is 0 Å². The van der Waals surface area contributed by atoms with Gasteiger partial charge in [0.1, 0.15) is 17.2 Å². The van der Waals surface area contributed by atoms with Gasteiger partial charge in [0.2, 0.25) is 0 Å². The van der Waals surface area contributed by atoms with Crippen molar-refractivity contribution in [2.75, 3.05) is 13.7 Å². The molecule has 0 radical (unpaired) electrons. The largest absolute Gasteiger partial charge is 0.497 e. The van der Waals surface area contributed by atoms with Crippen molar-refractivity contribution < 1.29 is 9.47 Å². The normalized spacial score (nSPS) is 10.6. The predicted molar refractivity (Wildman–Crippen MR) is 94.1 cm³/mol. The third-order valence-electron chi connectivity index (χ3n) is 3.62. The summed E-state index contributed by atoms with van der Waals surface area (Å²) in [5, 5.41) is 8.47. The summed E-state index contributed by atoms with van der Waals surface area (Å²) in [5.74, 6) is 1.91. The lowest BCUT2D eigenvalue weighted by Gasteiger charge is -2.09. The number of ether oxygens (including phenoxy) is 2. The maximum Gasteiger partial charge on any atom is 0.119 e. The molecule has 0 aliphatic rings. The van der Waals surface area contributed by atoms with Crippen LogP contribution in [0.2, 0.25) is 0 Å². The first-order valence-electron chi connectivity index (χ1n) is 7.65. The summed E-state index contributed by atoms with van der Waals surface area (Å²) in [6, 6.07) is 15.5. The molecule has 0 amide bonds. The van der Waals surface area contributed by atoms with E-state index < -0.39 is 0 Å². The Labute approximate surface area is 145 Å². The lowest BCUT2D eigenvalue weighted by atomic mass is 10.1. The summed E-state index contributed by atoms with van der Waals surface area (Å²) < 4.78 is 12.5. The van der Waals surface area contributed by atoms with E-state index in [9.17, 15) is 0 Å². The molecule has 3 aromatic rings. The van der Waals surface area contributed by atoms with E-state index in [2.05, 4.69) is 10.3 Å². The summed E-state index contributed by atoms with van der Waals surface area (Å²) >= 11 is 6.05. The van der Waals surface area contributed by atoms with Crippen molar-refractivity contribution >= 4 is 11.6 Å². The lowest BCUT2D eigenvalue weighted by Crippen LogP contribution is -2.00. The minimum atomic E-state index is 0.290. The number of alkyl halides is 1. The first-order valence-corrected chi connectivity index (χ1v) is 8.18. The van der Waals surface area contributed by atoms with Crippen molar-refractivity contribution in [3.05, 3.63) is 54.2 Å². The molecule has 0 saturated heterocycles. The summed E-state index contributed by atoms with van der Waals surface area (Å²) in [6.45, 7) is 2.59. The minimum absolute atomic E-state index is 0.290. The molecule has 0 aliphatic heterocycles. The Morgan fingerprint density at radius 2 is 1.67 bits per heavy atom. The zero-order chi connectivity index (χ0) is 16.9. The monoisotopic (exact) mass is 343 g/mol. The Kier molecular flexibility index (Phi) is 5.01. The fourth-order valence-electron chi connectivity index (χ4n) is 2.47. The zero-order valence-electron chi connectivity index (χ0n) is 13.6. The van der Waals surface area contributed by atoms with E-state index in [4.69, 9.17) is 21.1 Å². The van der Waals surface area contributed by atoms with Crippen molar-refractivity contribution in [1.29, 1.82) is 0 Å². The van der Waals surface area contributed by atoms with Gasteiger partial charge in [-0.3, -0.25) is 0 Å². The van der Waals surface area contributed by atoms with Crippen molar-refractivity contribution in [2.45, 2.75) is 12.8 Å². The third-order valence-corrected chi connectivity index (χ3v) is 3.88. The van der Waals surface area contributed by atoms with Crippen molar-refractivity contribution in [2.24, 2.45) is 0 Å². The van der Waals surface area contributed by atoms with Crippen molar-refractivity contribution in [3.8, 4) is 28.4 Å². The molecule has 0 saturated carbocycles. The Balaban J connectivity index is 2.03. The molecule has 0 aliphatic carbocycles. The van der Waals surface area contributed by atoms with Crippen LogP contribution in [0, 0.1) is 0 Å². The maximum atomic E-state index is 6.05. The molecule has 1 aromatic heterocycles. The summed E-state index contributed by atoms with van der Waals surface area (Å²) in [6.07, 6.45) is 0. The van der Waals surface area contributed by atoms with Crippen molar-refractivity contribution in [1.82, 2.24) is 15.0 Å². The molecule has 124 valence electrons. The molecule has 3 rings (SSSR count). The highest BCUT2D eigenvalue weighted by atomic mass is 35.5. The van der Waals surface area contributed by atoms with Crippen LogP contribution in [0.25, 0.3) is 16.9 Å². The van der Waals surface area contributed by atoms with Gasteiger partial charge >= 0.3 is 0 Å². The zero-order valence-corrected chi connectivity index (χ0v) is 14.3. The van der Waals surface area contributed by atoms with Crippen LogP contribution in [-0.4, -0.2) is 28.7 Å². The van der Waals surface area contributed by atoms with Gasteiger partial charge in [0, 0.05) is 5.56 Å². The Morgan fingerprint density at radius 3 is 2.25 bits per heavy atom. The molecule has 0 atom stereocenters. The maximum absolute atomic E-state index is 6.05. The Hall–Kier alpha value is -2.53. The SMILES string of the molecule is CCOc1ccc(-n2nnc(CCl)c2-c2ccc(OC)cc2)cc1. The van der Waals surface area contributed by atoms with Crippen LogP contribution in [0.5, 0.6) is 11.5 Å². The van der Waals surface area contributed by atoms with Crippen LogP contribution < -0.4 is 9.47 Å². The summed E-state index contributed by atoms with van der Waals surface area (Å²) in [5.41, 5.74) is 3.48. The fraction of sp³-hybridized carbons (Fsp3) is 0.222. The van der Waals surface area contributed by atoms with Gasteiger partial charge in [0.15, 0.2) is 0 Å². The summed E-state index contributed by atoms with van der Waals surface area (Å²) in [7, 11) is 1.64. The first-order chi connectivity index (χ1) is 11.8. The molecule has 0 bridgehead atoms. The van der Waals surface area contributed by atoms with Gasteiger partial charge in [-0.05, 0) is 55.5 Å². The lowest BCUT2D eigenvalue weighted by molar-refractivity contribution is 0.340. The molecular formula is C18H18ClN3O2. The number of halogens is 1. The van der Waals surface area contributed by atoms with Gasteiger partial charge in [-0.25, -0.2) is 4.68 Å². The number of hydrogen-bond donors (Lipinski definition) is 0. The second-order valence-electron chi connectivity index (χ2n) is 5.09. The molecule has 24 heavy (non-hydrogen) atoms. The Bertz CT molecular complexity index is 798. The van der Waals surface area contributed by atoms with Crippen LogP contribution in [0.1, 0.15) is 12.6 Å². The van der Waals surface area contributed by atoms with Crippen LogP contribution in [0.3, 0.4) is 0 Å². The third kappa shape index (κ3) is 3.21. The molecule has 0 spiro atoms. The van der Waals surface area contributed by atoms with Gasteiger partial charge < -0.3 is 9.47 Å². The van der Waals surface area contributed by atoms with Gasteiger partial charge in [-0.1, -0.05) is 5.21 Å². The van der Waals surface area contributed by atoms with Gasteiger partial charge in [-0.15, -0.1) is 16.7 Å². The highest BCUT2D eigenvalue weighted by Crippen LogP contribution is 2.28. The van der Waals surface area contributed by atoms with E-state index in [1.54, 1.807) is 11.8 Å². The molecule has 5 nitrogen and oxygen atoms in total. The number of aromatic nitrogens is 3. The van der Waals surface area contributed by atoms with E-state index in [1.807, 2.05) is 55.5 Å². The number of methoxy groups -OCH3 is 1. The fourth-order valence-corrected chi connectivity index (χ4v) is 2.65. The quantitative estimate of drug-likeness (QED) is 0.633. The second-order valence-corrected chi connectivity index (χ2v) is 5.35. The molecule has 1 heterocycles. The molecule has 0 fully saturated rings. The first kappa shape index (κ1) is 16.3. The average Bonchev–Trinajstić information content (AvgIpc) is 3.07. The topological polar surface area (TPSA) is 49.2 Å². The number of hydrogen-bond acceptors (Lipinski definition) is 4. The predicted octanol–water partition coefficient (Wildman–Crippen LogP) is 4.08. The number of nitrogens with zero attached hydrogens (tertiary/aromatic N) is 3. The molecule has 0 unspecified atom stereocenters. The van der Waals surface area contributed by atoms with E-state index in [1.165, 1.54) is 0 Å². The van der Waals surface area contributed by atoms with Gasteiger partial charge in [-0.2, -0.15) is 0 Å². The molecule has 6 heteroatoms.